The molecule has 216 valence electrons. The van der Waals surface area contributed by atoms with Crippen molar-refractivity contribution in [2.45, 2.75) is 43.5 Å². The van der Waals surface area contributed by atoms with E-state index < -0.39 is 35.1 Å². The largest absolute Gasteiger partial charge is 0.467 e. The number of methoxy groups -OCH3 is 1. The van der Waals surface area contributed by atoms with Gasteiger partial charge < -0.3 is 15.4 Å². The molecule has 0 unspecified atom stereocenters. The summed E-state index contributed by atoms with van der Waals surface area (Å²) in [5.74, 6) is -1.54. The van der Waals surface area contributed by atoms with Crippen molar-refractivity contribution >= 4 is 45.4 Å². The minimum Gasteiger partial charge on any atom is -0.467 e. The summed E-state index contributed by atoms with van der Waals surface area (Å²) < 4.78 is 5.04. The number of fused-ring (bicyclic) bond motifs is 1. The maximum absolute atomic E-state index is 13.8. The zero-order valence-corrected chi connectivity index (χ0v) is 24.4. The number of hydrogen-bond donors (Lipinski definition) is 2. The van der Waals surface area contributed by atoms with Gasteiger partial charge in [-0.2, -0.15) is 0 Å². The quantitative estimate of drug-likeness (QED) is 0.236. The first-order valence-electron chi connectivity index (χ1n) is 13.7. The van der Waals surface area contributed by atoms with Gasteiger partial charge in [0, 0.05) is 19.8 Å². The first kappa shape index (κ1) is 30.5. The van der Waals surface area contributed by atoms with Gasteiger partial charge in [-0.25, -0.2) is 4.79 Å². The lowest BCUT2D eigenvalue weighted by molar-refractivity contribution is -0.145. The van der Waals surface area contributed by atoms with E-state index >= 15 is 0 Å². The van der Waals surface area contributed by atoms with Crippen LogP contribution in [0.25, 0.3) is 10.8 Å². The van der Waals surface area contributed by atoms with Gasteiger partial charge in [-0.1, -0.05) is 115 Å². The lowest BCUT2D eigenvalue weighted by Gasteiger charge is -2.24. The van der Waals surface area contributed by atoms with Crippen molar-refractivity contribution in [1.82, 2.24) is 10.6 Å². The fourth-order valence-corrected chi connectivity index (χ4v) is 5.69. The van der Waals surface area contributed by atoms with Gasteiger partial charge in [-0.15, -0.1) is 0 Å². The van der Waals surface area contributed by atoms with Crippen LogP contribution in [0, 0.1) is 0 Å². The highest BCUT2D eigenvalue weighted by molar-refractivity contribution is 8.14. The van der Waals surface area contributed by atoms with E-state index in [1.54, 1.807) is 0 Å². The number of carbonyl (C=O) groups excluding carboxylic acids is 4. The Kier molecular flexibility index (Phi) is 10.9. The molecule has 3 atom stereocenters. The maximum atomic E-state index is 13.8. The Morgan fingerprint density at radius 3 is 1.88 bits per heavy atom. The van der Waals surface area contributed by atoms with Crippen molar-refractivity contribution in [3.63, 3.8) is 0 Å². The van der Waals surface area contributed by atoms with E-state index in [4.69, 9.17) is 4.74 Å². The first-order chi connectivity index (χ1) is 20.3. The number of benzene rings is 4. The molecule has 4 aromatic carbocycles. The number of carbonyl (C=O) groups is 4. The monoisotopic (exact) mass is 582 g/mol. The Morgan fingerprint density at radius 1 is 0.667 bits per heavy atom. The average Bonchev–Trinajstić information content (AvgIpc) is 3.00. The lowest BCUT2D eigenvalue weighted by atomic mass is 9.98. The van der Waals surface area contributed by atoms with E-state index in [1.807, 2.05) is 103 Å². The number of amides is 2. The van der Waals surface area contributed by atoms with Crippen LogP contribution in [0.4, 0.5) is 0 Å². The molecule has 0 aliphatic heterocycles. The van der Waals surface area contributed by atoms with Crippen LogP contribution in [0.15, 0.2) is 103 Å². The number of nitrogens with one attached hydrogen (secondary N) is 2. The summed E-state index contributed by atoms with van der Waals surface area (Å²) in [6, 6.07) is 30.4. The van der Waals surface area contributed by atoms with E-state index in [0.717, 1.165) is 39.2 Å². The smallest absolute Gasteiger partial charge is 0.328 e. The van der Waals surface area contributed by atoms with Crippen LogP contribution in [0.2, 0.25) is 0 Å². The van der Waals surface area contributed by atoms with Crippen LogP contribution >= 0.6 is 11.8 Å². The molecule has 0 aromatic heterocycles. The fraction of sp³-hybridized carbons (Fsp3) is 0.235. The van der Waals surface area contributed by atoms with Crippen LogP contribution in [-0.2, 0) is 43.2 Å². The normalized spacial score (nSPS) is 13.0. The topological polar surface area (TPSA) is 102 Å². The van der Waals surface area contributed by atoms with Crippen molar-refractivity contribution in [1.29, 1.82) is 0 Å². The molecule has 0 aliphatic carbocycles. The lowest BCUT2D eigenvalue weighted by Crippen LogP contribution is -2.54. The van der Waals surface area contributed by atoms with Gasteiger partial charge in [-0.3, -0.25) is 14.4 Å². The average molecular weight is 583 g/mol. The van der Waals surface area contributed by atoms with Crippen LogP contribution in [-0.4, -0.2) is 47.3 Å². The molecule has 4 rings (SSSR count). The van der Waals surface area contributed by atoms with Crippen LogP contribution < -0.4 is 10.6 Å². The van der Waals surface area contributed by atoms with Crippen molar-refractivity contribution in [2.24, 2.45) is 0 Å². The van der Waals surface area contributed by atoms with Crippen molar-refractivity contribution in [3.8, 4) is 0 Å². The number of hydrogen-bond acceptors (Lipinski definition) is 6. The molecule has 0 fully saturated rings. The molecule has 0 spiro atoms. The summed E-state index contributed by atoms with van der Waals surface area (Å²) in [7, 11) is 1.28. The minimum absolute atomic E-state index is 0.198. The third-order valence-electron chi connectivity index (χ3n) is 6.89. The summed E-state index contributed by atoms with van der Waals surface area (Å²) in [6.07, 6.45) is 0.731. The van der Waals surface area contributed by atoms with Crippen LogP contribution in [0.5, 0.6) is 0 Å². The molecule has 2 N–H and O–H groups in total. The number of ether oxygens (including phenoxy) is 1. The van der Waals surface area contributed by atoms with Crippen molar-refractivity contribution < 1.29 is 23.9 Å². The zero-order valence-electron chi connectivity index (χ0n) is 23.6. The van der Waals surface area contributed by atoms with Gasteiger partial charge in [0.1, 0.15) is 12.1 Å². The van der Waals surface area contributed by atoms with E-state index in [2.05, 4.69) is 10.6 Å². The van der Waals surface area contributed by atoms with Gasteiger partial charge >= 0.3 is 5.97 Å². The summed E-state index contributed by atoms with van der Waals surface area (Å²) in [5, 5.41) is 6.77. The highest BCUT2D eigenvalue weighted by Gasteiger charge is 2.31. The second kappa shape index (κ2) is 15.0. The molecule has 0 aliphatic rings. The third-order valence-corrected chi connectivity index (χ3v) is 7.88. The van der Waals surface area contributed by atoms with E-state index in [-0.39, 0.29) is 18.0 Å². The molecule has 0 saturated heterocycles. The summed E-state index contributed by atoms with van der Waals surface area (Å²) in [4.78, 5) is 52.2. The van der Waals surface area contributed by atoms with Crippen molar-refractivity contribution in [2.75, 3.05) is 7.11 Å². The predicted octanol–water partition coefficient (Wildman–Crippen LogP) is 4.66. The second-order valence-corrected chi connectivity index (χ2v) is 11.3. The van der Waals surface area contributed by atoms with Gasteiger partial charge in [0.25, 0.3) is 0 Å². The highest BCUT2D eigenvalue weighted by atomic mass is 32.2. The van der Waals surface area contributed by atoms with E-state index in [9.17, 15) is 19.2 Å². The maximum Gasteiger partial charge on any atom is 0.328 e. The SMILES string of the molecule is COC(=O)[C@H](Cc1cccc2ccccc12)NC(=O)[C@H](Cc1ccccc1)NC(=O)[C@H](Cc1ccccc1)SC(C)=O. The minimum atomic E-state index is -0.995. The van der Waals surface area contributed by atoms with Gasteiger partial charge in [0.05, 0.1) is 12.4 Å². The van der Waals surface area contributed by atoms with Crippen molar-refractivity contribution in [3.05, 3.63) is 120 Å². The molecule has 0 saturated carbocycles. The molecular weight excluding hydrogens is 548 g/mol. The molecule has 8 heteroatoms. The van der Waals surface area contributed by atoms with Gasteiger partial charge in [0.2, 0.25) is 11.8 Å². The highest BCUT2D eigenvalue weighted by Crippen LogP contribution is 2.21. The summed E-state index contributed by atoms with van der Waals surface area (Å²) in [5.41, 5.74) is 2.62. The molecule has 4 aromatic rings. The van der Waals surface area contributed by atoms with Crippen LogP contribution in [0.3, 0.4) is 0 Å². The van der Waals surface area contributed by atoms with E-state index in [0.29, 0.717) is 6.42 Å². The number of rotatable bonds is 12. The Hall–Kier alpha value is -4.43. The Balaban J connectivity index is 1.57. The predicted molar refractivity (Wildman–Crippen MR) is 166 cm³/mol. The Morgan fingerprint density at radius 2 is 1.24 bits per heavy atom. The second-order valence-electron chi connectivity index (χ2n) is 9.97. The van der Waals surface area contributed by atoms with E-state index in [1.165, 1.54) is 14.0 Å². The molecule has 0 heterocycles. The standard InChI is InChI=1S/C34H34N2O5S/c1-23(37)42-31(21-25-14-7-4-8-15-25)33(39)35-29(20-24-12-5-3-6-13-24)32(38)36-30(34(40)41-2)22-27-18-11-17-26-16-9-10-19-28(26)27/h3-19,29-31H,20-22H2,1-2H3,(H,35,39)(H,36,38)/t29-,30-,31-/m0/s1. The van der Waals surface area contributed by atoms with Gasteiger partial charge in [-0.05, 0) is 33.9 Å². The molecule has 2 amide bonds. The molecule has 7 nitrogen and oxygen atoms in total. The number of thioether (sulfide) groups is 1. The Bertz CT molecular complexity index is 1520. The molecule has 0 bridgehead atoms. The summed E-state index contributed by atoms with van der Waals surface area (Å²) in [6.45, 7) is 1.42. The van der Waals surface area contributed by atoms with Crippen LogP contribution in [0.1, 0.15) is 23.6 Å². The number of esters is 1. The molecular formula is C34H34N2O5S. The fourth-order valence-electron chi connectivity index (χ4n) is 4.84. The Labute approximate surface area is 250 Å². The zero-order chi connectivity index (χ0) is 29.9. The van der Waals surface area contributed by atoms with Gasteiger partial charge in [0.15, 0.2) is 5.12 Å². The third kappa shape index (κ3) is 8.54. The first-order valence-corrected chi connectivity index (χ1v) is 14.6. The molecule has 0 radical (unpaired) electrons. The molecule has 42 heavy (non-hydrogen) atoms. The summed E-state index contributed by atoms with van der Waals surface area (Å²) >= 11 is 0.931.